The van der Waals surface area contributed by atoms with Crippen molar-refractivity contribution in [3.8, 4) is 0 Å². The molecule has 2 aromatic rings. The van der Waals surface area contributed by atoms with E-state index in [0.29, 0.717) is 30.8 Å². The summed E-state index contributed by atoms with van der Waals surface area (Å²) in [5.41, 5.74) is 2.47. The summed E-state index contributed by atoms with van der Waals surface area (Å²) in [6.07, 6.45) is 0.416. The van der Waals surface area contributed by atoms with Crippen molar-refractivity contribution in [2.75, 3.05) is 36.4 Å². The lowest BCUT2D eigenvalue weighted by Crippen LogP contribution is -2.48. The highest BCUT2D eigenvalue weighted by Crippen LogP contribution is 2.18. The Hall–Kier alpha value is -2.82. The number of carbonyl (C=O) groups is 2. The molecule has 5 heteroatoms. The standard InChI is InChI=1S/C20H23N3O2/c1-2-19(24)21-17-8-6-7-16(15-17)20(25)23-13-11-22(12-14-23)18-9-4-3-5-10-18/h3-10,15H,2,11-14H2,1H3,(H,21,24). The number of benzene rings is 2. The number of para-hydroxylation sites is 1. The number of nitrogens with one attached hydrogen (secondary N) is 1. The zero-order valence-corrected chi connectivity index (χ0v) is 14.4. The van der Waals surface area contributed by atoms with Crippen molar-refractivity contribution in [1.82, 2.24) is 4.90 Å². The minimum atomic E-state index is -0.0546. The van der Waals surface area contributed by atoms with E-state index < -0.39 is 0 Å². The van der Waals surface area contributed by atoms with E-state index in [4.69, 9.17) is 0 Å². The van der Waals surface area contributed by atoms with Crippen LogP contribution in [0.2, 0.25) is 0 Å². The number of nitrogens with zero attached hydrogens (tertiary/aromatic N) is 2. The van der Waals surface area contributed by atoms with Crippen molar-refractivity contribution in [3.63, 3.8) is 0 Å². The van der Waals surface area contributed by atoms with Crippen molar-refractivity contribution in [2.45, 2.75) is 13.3 Å². The molecule has 1 heterocycles. The Bertz CT molecular complexity index is 738. The second-order valence-electron chi connectivity index (χ2n) is 6.10. The number of piperazine rings is 1. The average molecular weight is 337 g/mol. The number of carbonyl (C=O) groups excluding carboxylic acids is 2. The lowest BCUT2D eigenvalue weighted by atomic mass is 10.1. The first-order valence-corrected chi connectivity index (χ1v) is 8.66. The fourth-order valence-electron chi connectivity index (χ4n) is 2.97. The normalized spacial score (nSPS) is 14.3. The third kappa shape index (κ3) is 4.18. The van der Waals surface area contributed by atoms with Gasteiger partial charge in [0.1, 0.15) is 0 Å². The Morgan fingerprint density at radius 2 is 1.68 bits per heavy atom. The van der Waals surface area contributed by atoms with Crippen LogP contribution in [0.4, 0.5) is 11.4 Å². The molecule has 0 spiro atoms. The van der Waals surface area contributed by atoms with E-state index in [9.17, 15) is 9.59 Å². The summed E-state index contributed by atoms with van der Waals surface area (Å²) in [7, 11) is 0. The zero-order valence-electron chi connectivity index (χ0n) is 14.4. The topological polar surface area (TPSA) is 52.7 Å². The lowest BCUT2D eigenvalue weighted by Gasteiger charge is -2.36. The molecule has 1 aliphatic rings. The SMILES string of the molecule is CCC(=O)Nc1cccc(C(=O)N2CCN(c3ccccc3)CC2)c1. The maximum absolute atomic E-state index is 12.7. The molecule has 0 bridgehead atoms. The van der Waals surface area contributed by atoms with Gasteiger partial charge in [0.2, 0.25) is 5.91 Å². The van der Waals surface area contributed by atoms with E-state index in [1.807, 2.05) is 23.1 Å². The number of hydrogen-bond donors (Lipinski definition) is 1. The van der Waals surface area contributed by atoms with E-state index in [1.165, 1.54) is 5.69 Å². The average Bonchev–Trinajstić information content (AvgIpc) is 2.68. The Balaban J connectivity index is 1.63. The molecule has 0 atom stereocenters. The van der Waals surface area contributed by atoms with Gasteiger partial charge in [-0.3, -0.25) is 9.59 Å². The molecular formula is C20H23N3O2. The van der Waals surface area contributed by atoms with Crippen LogP contribution in [0.15, 0.2) is 54.6 Å². The highest BCUT2D eigenvalue weighted by molar-refractivity contribution is 5.97. The van der Waals surface area contributed by atoms with Gasteiger partial charge >= 0.3 is 0 Å². The second-order valence-corrected chi connectivity index (χ2v) is 6.10. The summed E-state index contributed by atoms with van der Waals surface area (Å²) in [4.78, 5) is 28.4. The first-order chi connectivity index (χ1) is 12.2. The van der Waals surface area contributed by atoms with E-state index in [1.54, 1.807) is 31.2 Å². The molecule has 2 aromatic carbocycles. The fourth-order valence-corrected chi connectivity index (χ4v) is 2.97. The molecule has 130 valence electrons. The Labute approximate surface area is 148 Å². The predicted octanol–water partition coefficient (Wildman–Crippen LogP) is 3.00. The van der Waals surface area contributed by atoms with Gasteiger partial charge in [-0.1, -0.05) is 31.2 Å². The van der Waals surface area contributed by atoms with Gasteiger partial charge in [-0.25, -0.2) is 0 Å². The predicted molar refractivity (Wildman–Crippen MR) is 99.9 cm³/mol. The van der Waals surface area contributed by atoms with Crippen LogP contribution in [0.25, 0.3) is 0 Å². The molecule has 3 rings (SSSR count). The third-order valence-electron chi connectivity index (χ3n) is 4.40. The summed E-state index contributed by atoms with van der Waals surface area (Å²) in [5, 5.41) is 2.80. The van der Waals surface area contributed by atoms with Gasteiger partial charge in [-0.15, -0.1) is 0 Å². The monoisotopic (exact) mass is 337 g/mol. The molecule has 1 saturated heterocycles. The van der Waals surface area contributed by atoms with Gasteiger partial charge in [0.05, 0.1) is 0 Å². The summed E-state index contributed by atoms with van der Waals surface area (Å²) >= 11 is 0. The summed E-state index contributed by atoms with van der Waals surface area (Å²) in [6.45, 7) is 4.83. The minimum Gasteiger partial charge on any atom is -0.368 e. The van der Waals surface area contributed by atoms with Crippen molar-refractivity contribution < 1.29 is 9.59 Å². The molecule has 0 saturated carbocycles. The first kappa shape index (κ1) is 17.0. The summed E-state index contributed by atoms with van der Waals surface area (Å²) < 4.78 is 0. The van der Waals surface area contributed by atoms with Crippen LogP contribution in [-0.2, 0) is 4.79 Å². The molecule has 25 heavy (non-hydrogen) atoms. The van der Waals surface area contributed by atoms with Crippen LogP contribution in [0.3, 0.4) is 0 Å². The largest absolute Gasteiger partial charge is 0.368 e. The Morgan fingerprint density at radius 3 is 2.36 bits per heavy atom. The van der Waals surface area contributed by atoms with Crippen LogP contribution in [0.1, 0.15) is 23.7 Å². The number of hydrogen-bond acceptors (Lipinski definition) is 3. The molecular weight excluding hydrogens is 314 g/mol. The highest BCUT2D eigenvalue weighted by atomic mass is 16.2. The molecule has 2 amide bonds. The maximum atomic E-state index is 12.7. The molecule has 0 aliphatic carbocycles. The van der Waals surface area contributed by atoms with Gasteiger partial charge < -0.3 is 15.1 Å². The molecule has 0 radical (unpaired) electrons. The number of rotatable bonds is 4. The minimum absolute atomic E-state index is 0.0142. The van der Waals surface area contributed by atoms with Gasteiger partial charge in [-0.2, -0.15) is 0 Å². The van der Waals surface area contributed by atoms with E-state index in [0.717, 1.165) is 13.1 Å². The van der Waals surface area contributed by atoms with Gasteiger partial charge in [-0.05, 0) is 30.3 Å². The Morgan fingerprint density at radius 1 is 0.960 bits per heavy atom. The molecule has 0 unspecified atom stereocenters. The number of anilines is 2. The lowest BCUT2D eigenvalue weighted by molar-refractivity contribution is -0.115. The first-order valence-electron chi connectivity index (χ1n) is 8.66. The molecule has 1 N–H and O–H groups in total. The third-order valence-corrected chi connectivity index (χ3v) is 4.40. The number of amides is 2. The maximum Gasteiger partial charge on any atom is 0.254 e. The zero-order chi connectivity index (χ0) is 17.6. The Kier molecular flexibility index (Phi) is 5.33. The smallest absolute Gasteiger partial charge is 0.254 e. The van der Waals surface area contributed by atoms with E-state index >= 15 is 0 Å². The molecule has 5 nitrogen and oxygen atoms in total. The van der Waals surface area contributed by atoms with Crippen molar-refractivity contribution >= 4 is 23.2 Å². The fraction of sp³-hybridized carbons (Fsp3) is 0.300. The van der Waals surface area contributed by atoms with Gasteiger partial charge in [0.15, 0.2) is 0 Å². The quantitative estimate of drug-likeness (QED) is 0.933. The van der Waals surface area contributed by atoms with Crippen LogP contribution in [0, 0.1) is 0 Å². The summed E-state index contributed by atoms with van der Waals surface area (Å²) in [5.74, 6) is -0.0404. The van der Waals surface area contributed by atoms with Crippen LogP contribution < -0.4 is 10.2 Å². The summed E-state index contributed by atoms with van der Waals surface area (Å²) in [6, 6.07) is 17.4. The van der Waals surface area contributed by atoms with E-state index in [-0.39, 0.29) is 11.8 Å². The highest BCUT2D eigenvalue weighted by Gasteiger charge is 2.22. The van der Waals surface area contributed by atoms with Crippen LogP contribution >= 0.6 is 0 Å². The molecule has 1 aliphatic heterocycles. The van der Waals surface area contributed by atoms with E-state index in [2.05, 4.69) is 22.3 Å². The van der Waals surface area contributed by atoms with Crippen LogP contribution in [0.5, 0.6) is 0 Å². The molecule has 0 aromatic heterocycles. The van der Waals surface area contributed by atoms with Gasteiger partial charge in [0.25, 0.3) is 5.91 Å². The van der Waals surface area contributed by atoms with Gasteiger partial charge in [0, 0.05) is 49.5 Å². The van der Waals surface area contributed by atoms with Crippen LogP contribution in [-0.4, -0.2) is 42.9 Å². The van der Waals surface area contributed by atoms with Crippen molar-refractivity contribution in [1.29, 1.82) is 0 Å². The molecule has 1 fully saturated rings. The second kappa shape index (κ2) is 7.83. The van der Waals surface area contributed by atoms with Crippen molar-refractivity contribution in [3.05, 3.63) is 60.2 Å². The van der Waals surface area contributed by atoms with Crippen molar-refractivity contribution in [2.24, 2.45) is 0 Å².